The Balaban J connectivity index is 2.59. The van der Waals surface area contributed by atoms with Crippen LogP contribution < -0.4 is 15.9 Å². The molecule has 3 aromatic carbocycles. The first-order chi connectivity index (χ1) is 12.7. The van der Waals surface area contributed by atoms with Crippen LogP contribution in [0.1, 0.15) is 0 Å². The fraction of sp³-hybridized carbons (Fsp3) is 0.0455. The summed E-state index contributed by atoms with van der Waals surface area (Å²) in [5.74, 6) is -0.648. The molecule has 0 heterocycles. The van der Waals surface area contributed by atoms with Crippen LogP contribution in [0.5, 0.6) is 0 Å². The summed E-state index contributed by atoms with van der Waals surface area (Å²) in [4.78, 5) is 24.7. The summed E-state index contributed by atoms with van der Waals surface area (Å²) in [6.07, 6.45) is 1.93. The molecule has 4 heteroatoms. The number of ether oxygens (including phenoxy) is 1. The lowest BCUT2D eigenvalue weighted by Crippen LogP contribution is -2.34. The highest BCUT2D eigenvalue weighted by atomic mass is 31.2. The third-order valence-corrected chi connectivity index (χ3v) is 8.40. The van der Waals surface area contributed by atoms with E-state index in [2.05, 4.69) is 0 Å². The minimum absolute atomic E-state index is 0.0311. The Morgan fingerprint density at radius 2 is 1.08 bits per heavy atom. The van der Waals surface area contributed by atoms with Gasteiger partial charge in [0, 0.05) is 0 Å². The van der Waals surface area contributed by atoms with Crippen molar-refractivity contribution in [3.63, 3.8) is 0 Å². The van der Waals surface area contributed by atoms with Crippen LogP contribution in [0.3, 0.4) is 0 Å². The Bertz CT molecular complexity index is 845. The van der Waals surface area contributed by atoms with Crippen molar-refractivity contribution in [2.45, 2.75) is 0 Å². The van der Waals surface area contributed by atoms with E-state index in [-0.39, 0.29) is 5.29 Å². The Labute approximate surface area is 153 Å². The molecule has 26 heavy (non-hydrogen) atoms. The second-order valence-corrected chi connectivity index (χ2v) is 8.96. The molecule has 0 atom stereocenters. The predicted octanol–water partition coefficient (Wildman–Crippen LogP) is 2.44. The van der Waals surface area contributed by atoms with E-state index in [0.29, 0.717) is 0 Å². The third kappa shape index (κ3) is 3.02. The van der Waals surface area contributed by atoms with Crippen molar-refractivity contribution >= 4 is 40.3 Å². The van der Waals surface area contributed by atoms with Gasteiger partial charge in [-0.25, -0.2) is 4.79 Å². The van der Waals surface area contributed by atoms with Crippen molar-refractivity contribution in [1.82, 2.24) is 0 Å². The molecule has 0 amide bonds. The van der Waals surface area contributed by atoms with Gasteiger partial charge in [0.05, 0.1) is 7.11 Å². The molecular formula is C22H18O3P. The van der Waals surface area contributed by atoms with Gasteiger partial charge in [0.15, 0.2) is 0 Å². The van der Waals surface area contributed by atoms with Gasteiger partial charge in [-0.3, -0.25) is 4.79 Å². The lowest BCUT2D eigenvalue weighted by Gasteiger charge is -2.29. The van der Waals surface area contributed by atoms with E-state index in [9.17, 15) is 9.59 Å². The lowest BCUT2D eigenvalue weighted by atomic mass is 10.4. The molecule has 0 aliphatic rings. The monoisotopic (exact) mass is 361 g/mol. The van der Waals surface area contributed by atoms with E-state index >= 15 is 0 Å². The van der Waals surface area contributed by atoms with Crippen molar-refractivity contribution in [2.75, 3.05) is 7.11 Å². The topological polar surface area (TPSA) is 43.4 Å². The number of carbonyl (C=O) groups is 1. The molecule has 0 N–H and O–H groups in total. The number of rotatable bonds is 5. The van der Waals surface area contributed by atoms with Crippen molar-refractivity contribution in [3.05, 3.63) is 91.0 Å². The SMILES string of the molecule is COC(=O)C([C]=O)=P(c1ccccc1)(c1ccccc1)c1ccccc1. The summed E-state index contributed by atoms with van der Waals surface area (Å²) in [5, 5.41) is 2.74. The zero-order valence-corrected chi connectivity index (χ0v) is 15.2. The standard InChI is InChI=1S/C22H18O3P/c1-25-22(24)21(17-23)26(18-11-5-2-6-12-18,19-13-7-3-8-14-19)20-15-9-4-10-16-20/h2-16H,1H3. The van der Waals surface area contributed by atoms with Gasteiger partial charge < -0.3 is 4.74 Å². The maximum atomic E-state index is 12.6. The van der Waals surface area contributed by atoms with Crippen molar-refractivity contribution < 1.29 is 14.3 Å². The Morgan fingerprint density at radius 1 is 0.731 bits per heavy atom. The van der Waals surface area contributed by atoms with Gasteiger partial charge in [0.2, 0.25) is 6.29 Å². The molecule has 3 nitrogen and oxygen atoms in total. The fourth-order valence-electron chi connectivity index (χ4n) is 3.13. The average Bonchev–Trinajstić information content (AvgIpc) is 2.73. The van der Waals surface area contributed by atoms with Gasteiger partial charge in [-0.15, -0.1) is 0 Å². The summed E-state index contributed by atoms with van der Waals surface area (Å²) in [6.45, 7) is -2.72. The zero-order valence-electron chi connectivity index (χ0n) is 14.3. The van der Waals surface area contributed by atoms with Crippen LogP contribution in [0.4, 0.5) is 0 Å². The minimum Gasteiger partial charge on any atom is -0.465 e. The predicted molar refractivity (Wildman–Crippen MR) is 108 cm³/mol. The molecule has 3 aromatic rings. The molecule has 0 saturated heterocycles. The summed E-state index contributed by atoms with van der Waals surface area (Å²) < 4.78 is 4.96. The summed E-state index contributed by atoms with van der Waals surface area (Å²) in [5.41, 5.74) is 0. The Hall–Kier alpha value is -2.90. The molecule has 0 aromatic heterocycles. The molecule has 0 unspecified atom stereocenters. The highest BCUT2D eigenvalue weighted by Gasteiger charge is 2.33. The van der Waals surface area contributed by atoms with Crippen LogP contribution in [0.2, 0.25) is 0 Å². The number of hydrogen-bond donors (Lipinski definition) is 0. The molecule has 0 spiro atoms. The van der Waals surface area contributed by atoms with Crippen LogP contribution in [0.15, 0.2) is 91.0 Å². The first-order valence-corrected chi connectivity index (χ1v) is 9.94. The van der Waals surface area contributed by atoms with Crippen LogP contribution in [-0.2, 0) is 14.3 Å². The number of methoxy groups -OCH3 is 1. The minimum atomic E-state index is -2.72. The molecule has 1 radical (unpaired) electrons. The summed E-state index contributed by atoms with van der Waals surface area (Å²) >= 11 is 0. The Morgan fingerprint density at radius 3 is 1.35 bits per heavy atom. The molecule has 0 bridgehead atoms. The molecule has 0 aliphatic carbocycles. The molecule has 0 saturated carbocycles. The highest BCUT2D eigenvalue weighted by molar-refractivity contribution is 7.97. The molecule has 0 fully saturated rings. The van der Waals surface area contributed by atoms with E-state index in [4.69, 9.17) is 4.74 Å². The van der Waals surface area contributed by atoms with E-state index in [1.54, 1.807) is 0 Å². The number of carbonyl (C=O) groups excluding carboxylic acids is 2. The van der Waals surface area contributed by atoms with Gasteiger partial charge in [-0.2, -0.15) is 0 Å². The second kappa shape index (κ2) is 7.99. The van der Waals surface area contributed by atoms with Crippen molar-refractivity contribution in [3.8, 4) is 0 Å². The quantitative estimate of drug-likeness (QED) is 0.398. The maximum absolute atomic E-state index is 12.6. The molecule has 129 valence electrons. The average molecular weight is 361 g/mol. The normalized spacial score (nSPS) is 10.8. The third-order valence-electron chi connectivity index (χ3n) is 4.24. The largest absolute Gasteiger partial charge is 0.465 e. The van der Waals surface area contributed by atoms with Crippen LogP contribution >= 0.6 is 6.89 Å². The lowest BCUT2D eigenvalue weighted by molar-refractivity contribution is -0.132. The van der Waals surface area contributed by atoms with Crippen molar-refractivity contribution in [2.24, 2.45) is 0 Å². The first-order valence-electron chi connectivity index (χ1n) is 8.15. The van der Waals surface area contributed by atoms with Gasteiger partial charge >= 0.3 is 5.97 Å². The number of esters is 1. The highest BCUT2D eigenvalue weighted by Crippen LogP contribution is 2.45. The maximum Gasteiger partial charge on any atom is 0.343 e. The Kier molecular flexibility index (Phi) is 5.50. The zero-order chi connectivity index (χ0) is 18.4. The first kappa shape index (κ1) is 17.9. The summed E-state index contributed by atoms with van der Waals surface area (Å²) in [7, 11) is 1.29. The van der Waals surface area contributed by atoms with Crippen LogP contribution in [0, 0.1) is 0 Å². The molecular weight excluding hydrogens is 343 g/mol. The van der Waals surface area contributed by atoms with E-state index < -0.39 is 12.9 Å². The number of benzene rings is 3. The van der Waals surface area contributed by atoms with Gasteiger partial charge in [-0.1, -0.05) is 91.0 Å². The fourth-order valence-corrected chi connectivity index (χ4v) is 7.16. The summed E-state index contributed by atoms with van der Waals surface area (Å²) in [6, 6.07) is 28.9. The molecule has 0 aliphatic heterocycles. The van der Waals surface area contributed by atoms with Crippen LogP contribution in [-0.4, -0.2) is 24.7 Å². The van der Waals surface area contributed by atoms with Gasteiger partial charge in [0.25, 0.3) is 0 Å². The van der Waals surface area contributed by atoms with Gasteiger partial charge in [0.1, 0.15) is 5.29 Å². The van der Waals surface area contributed by atoms with E-state index in [0.717, 1.165) is 15.9 Å². The van der Waals surface area contributed by atoms with E-state index in [1.807, 2.05) is 97.3 Å². The van der Waals surface area contributed by atoms with Crippen LogP contribution in [0.25, 0.3) is 0 Å². The van der Waals surface area contributed by atoms with Gasteiger partial charge in [-0.05, 0) is 22.8 Å². The smallest absolute Gasteiger partial charge is 0.343 e. The van der Waals surface area contributed by atoms with E-state index in [1.165, 1.54) is 7.11 Å². The molecule has 3 rings (SSSR count). The second-order valence-electron chi connectivity index (χ2n) is 5.62. The van der Waals surface area contributed by atoms with Crippen molar-refractivity contribution in [1.29, 1.82) is 0 Å². The number of hydrogen-bond acceptors (Lipinski definition) is 3.